The fraction of sp³-hybridized carbons (Fsp3) is 0.385. The molecule has 1 aliphatic rings. The molecule has 0 radical (unpaired) electrons. The molecule has 1 fully saturated rings. The van der Waals surface area contributed by atoms with Crippen molar-refractivity contribution in [3.8, 4) is 0 Å². The molecule has 84 valence electrons. The molecular weight excluding hydrogens is 204 g/mol. The van der Waals surface area contributed by atoms with Crippen molar-refractivity contribution in [1.82, 2.24) is 0 Å². The van der Waals surface area contributed by atoms with Gasteiger partial charge in [-0.2, -0.15) is 0 Å². The summed E-state index contributed by atoms with van der Waals surface area (Å²) >= 11 is 0. The molecule has 3 nitrogen and oxygen atoms in total. The second-order valence-electron chi connectivity index (χ2n) is 4.63. The van der Waals surface area contributed by atoms with Crippen LogP contribution in [-0.4, -0.2) is 18.9 Å². The summed E-state index contributed by atoms with van der Waals surface area (Å²) < 4.78 is 5.20. The fourth-order valence-electron chi connectivity index (χ4n) is 1.38. The standard InChI is InChI=1S/C13H14O3/c1-13(6-7-13)9-16-12(15)11-4-2-10(8-14)3-5-11/h2-5,8H,6-7,9H2,1H3. The number of ether oxygens (including phenoxy) is 1. The van der Waals surface area contributed by atoms with Crippen LogP contribution in [0.5, 0.6) is 0 Å². The Balaban J connectivity index is 1.94. The summed E-state index contributed by atoms with van der Waals surface area (Å²) in [6, 6.07) is 6.45. The third-order valence-corrected chi connectivity index (χ3v) is 2.94. The molecule has 0 N–H and O–H groups in total. The second-order valence-corrected chi connectivity index (χ2v) is 4.63. The van der Waals surface area contributed by atoms with Gasteiger partial charge in [-0.05, 0) is 25.0 Å². The summed E-state index contributed by atoms with van der Waals surface area (Å²) in [5.41, 5.74) is 1.26. The smallest absolute Gasteiger partial charge is 0.338 e. The summed E-state index contributed by atoms with van der Waals surface area (Å²) in [6.45, 7) is 2.59. The zero-order valence-electron chi connectivity index (χ0n) is 9.23. The summed E-state index contributed by atoms with van der Waals surface area (Å²) in [7, 11) is 0. The maximum atomic E-state index is 11.6. The van der Waals surface area contributed by atoms with E-state index in [1.54, 1.807) is 24.3 Å². The van der Waals surface area contributed by atoms with E-state index >= 15 is 0 Å². The lowest BCUT2D eigenvalue weighted by Gasteiger charge is -2.09. The van der Waals surface area contributed by atoms with Crippen molar-refractivity contribution in [2.24, 2.45) is 5.41 Å². The van der Waals surface area contributed by atoms with Crippen molar-refractivity contribution in [1.29, 1.82) is 0 Å². The minimum absolute atomic E-state index is 0.207. The van der Waals surface area contributed by atoms with Gasteiger partial charge in [-0.15, -0.1) is 0 Å². The van der Waals surface area contributed by atoms with Crippen LogP contribution in [0, 0.1) is 5.41 Å². The molecule has 0 spiro atoms. The quantitative estimate of drug-likeness (QED) is 0.576. The Bertz CT molecular complexity index is 402. The molecule has 1 saturated carbocycles. The average molecular weight is 218 g/mol. The van der Waals surface area contributed by atoms with Crippen LogP contribution in [0.3, 0.4) is 0 Å². The van der Waals surface area contributed by atoms with Crippen LogP contribution in [0.4, 0.5) is 0 Å². The lowest BCUT2D eigenvalue weighted by Crippen LogP contribution is -2.12. The average Bonchev–Trinajstić information content (AvgIpc) is 3.05. The topological polar surface area (TPSA) is 43.4 Å². The number of esters is 1. The van der Waals surface area contributed by atoms with Gasteiger partial charge < -0.3 is 4.74 Å². The fourth-order valence-corrected chi connectivity index (χ4v) is 1.38. The summed E-state index contributed by atoms with van der Waals surface area (Å²) in [5.74, 6) is -0.314. The number of carbonyl (C=O) groups excluding carboxylic acids is 2. The van der Waals surface area contributed by atoms with Crippen molar-refractivity contribution < 1.29 is 14.3 Å². The van der Waals surface area contributed by atoms with Gasteiger partial charge in [0.05, 0.1) is 12.2 Å². The molecule has 1 aliphatic carbocycles. The van der Waals surface area contributed by atoms with Gasteiger partial charge in [-0.3, -0.25) is 4.79 Å². The molecule has 1 aromatic carbocycles. The first-order chi connectivity index (χ1) is 7.63. The summed E-state index contributed by atoms with van der Waals surface area (Å²) in [5, 5.41) is 0. The lowest BCUT2D eigenvalue weighted by molar-refractivity contribution is 0.0430. The molecule has 0 aliphatic heterocycles. The molecule has 2 rings (SSSR count). The molecule has 3 heteroatoms. The van der Waals surface area contributed by atoms with E-state index in [4.69, 9.17) is 4.74 Å². The highest BCUT2D eigenvalue weighted by atomic mass is 16.5. The van der Waals surface area contributed by atoms with Gasteiger partial charge >= 0.3 is 5.97 Å². The van der Waals surface area contributed by atoms with Gasteiger partial charge in [0.1, 0.15) is 6.29 Å². The minimum atomic E-state index is -0.314. The van der Waals surface area contributed by atoms with Crippen LogP contribution in [0.2, 0.25) is 0 Å². The summed E-state index contributed by atoms with van der Waals surface area (Å²) in [4.78, 5) is 22.0. The van der Waals surface area contributed by atoms with E-state index in [0.29, 0.717) is 17.7 Å². The van der Waals surface area contributed by atoms with E-state index in [0.717, 1.165) is 19.1 Å². The Morgan fingerprint density at radius 1 is 1.38 bits per heavy atom. The first-order valence-corrected chi connectivity index (χ1v) is 5.35. The Labute approximate surface area is 94.4 Å². The van der Waals surface area contributed by atoms with Gasteiger partial charge in [0, 0.05) is 11.0 Å². The zero-order chi connectivity index (χ0) is 11.6. The molecule has 0 aromatic heterocycles. The van der Waals surface area contributed by atoms with Crippen LogP contribution in [-0.2, 0) is 4.74 Å². The number of hydrogen-bond donors (Lipinski definition) is 0. The largest absolute Gasteiger partial charge is 0.462 e. The second kappa shape index (κ2) is 4.08. The van der Waals surface area contributed by atoms with Crippen molar-refractivity contribution in [3.05, 3.63) is 35.4 Å². The normalized spacial score (nSPS) is 16.6. The SMILES string of the molecule is CC1(COC(=O)c2ccc(C=O)cc2)CC1. The van der Waals surface area contributed by atoms with Crippen LogP contribution < -0.4 is 0 Å². The highest BCUT2D eigenvalue weighted by Crippen LogP contribution is 2.45. The molecule has 0 heterocycles. The van der Waals surface area contributed by atoms with E-state index < -0.39 is 0 Å². The predicted octanol–water partition coefficient (Wildman–Crippen LogP) is 2.46. The monoisotopic (exact) mass is 218 g/mol. The van der Waals surface area contributed by atoms with Gasteiger partial charge in [0.2, 0.25) is 0 Å². The molecule has 1 aromatic rings. The number of benzene rings is 1. The van der Waals surface area contributed by atoms with Crippen molar-refractivity contribution >= 4 is 12.3 Å². The van der Waals surface area contributed by atoms with Crippen molar-refractivity contribution in [3.63, 3.8) is 0 Å². The van der Waals surface area contributed by atoms with E-state index in [2.05, 4.69) is 6.92 Å². The van der Waals surface area contributed by atoms with E-state index in [1.165, 1.54) is 0 Å². The third kappa shape index (κ3) is 2.48. The molecule has 0 amide bonds. The number of rotatable bonds is 4. The van der Waals surface area contributed by atoms with E-state index in [9.17, 15) is 9.59 Å². The van der Waals surface area contributed by atoms with Gasteiger partial charge in [0.25, 0.3) is 0 Å². The predicted molar refractivity (Wildman–Crippen MR) is 59.5 cm³/mol. The van der Waals surface area contributed by atoms with Crippen LogP contribution in [0.15, 0.2) is 24.3 Å². The van der Waals surface area contributed by atoms with Crippen LogP contribution in [0.1, 0.15) is 40.5 Å². The number of hydrogen-bond acceptors (Lipinski definition) is 3. The Hall–Kier alpha value is -1.64. The third-order valence-electron chi connectivity index (χ3n) is 2.94. The highest BCUT2D eigenvalue weighted by Gasteiger charge is 2.38. The van der Waals surface area contributed by atoms with Gasteiger partial charge in [0.15, 0.2) is 0 Å². The molecule has 0 unspecified atom stereocenters. The number of aldehydes is 1. The summed E-state index contributed by atoms with van der Waals surface area (Å²) in [6.07, 6.45) is 3.01. The Morgan fingerprint density at radius 3 is 2.50 bits per heavy atom. The Morgan fingerprint density at radius 2 is 2.00 bits per heavy atom. The first kappa shape index (κ1) is 10.9. The Kier molecular flexibility index (Phi) is 2.77. The molecule has 0 saturated heterocycles. The maximum Gasteiger partial charge on any atom is 0.338 e. The van der Waals surface area contributed by atoms with Crippen LogP contribution in [0.25, 0.3) is 0 Å². The minimum Gasteiger partial charge on any atom is -0.462 e. The van der Waals surface area contributed by atoms with E-state index in [1.807, 2.05) is 0 Å². The highest BCUT2D eigenvalue weighted by molar-refractivity contribution is 5.90. The van der Waals surface area contributed by atoms with Gasteiger partial charge in [-0.1, -0.05) is 19.1 Å². The molecule has 0 atom stereocenters. The van der Waals surface area contributed by atoms with Crippen LogP contribution >= 0.6 is 0 Å². The maximum absolute atomic E-state index is 11.6. The van der Waals surface area contributed by atoms with Crippen molar-refractivity contribution in [2.45, 2.75) is 19.8 Å². The first-order valence-electron chi connectivity index (χ1n) is 5.35. The molecule has 16 heavy (non-hydrogen) atoms. The lowest BCUT2D eigenvalue weighted by atomic mass is 10.1. The van der Waals surface area contributed by atoms with Gasteiger partial charge in [-0.25, -0.2) is 4.79 Å². The van der Waals surface area contributed by atoms with E-state index in [-0.39, 0.29) is 11.4 Å². The molecule has 0 bridgehead atoms. The molecular formula is C13H14O3. The van der Waals surface area contributed by atoms with Crippen molar-refractivity contribution in [2.75, 3.05) is 6.61 Å². The zero-order valence-corrected chi connectivity index (χ0v) is 9.23. The number of carbonyl (C=O) groups is 2.